The third-order valence-electron chi connectivity index (χ3n) is 2.71. The third kappa shape index (κ3) is 2.97. The van der Waals surface area contributed by atoms with E-state index in [2.05, 4.69) is 30.8 Å². The van der Waals surface area contributed by atoms with Gasteiger partial charge in [-0.1, -0.05) is 0 Å². The lowest BCUT2D eigenvalue weighted by Gasteiger charge is -2.20. The lowest BCUT2D eigenvalue weighted by Crippen LogP contribution is -2.23. The van der Waals surface area contributed by atoms with Gasteiger partial charge in [0.15, 0.2) is 0 Å². The molecule has 0 aromatic carbocycles. The van der Waals surface area contributed by atoms with Crippen LogP contribution in [0.2, 0.25) is 0 Å². The van der Waals surface area contributed by atoms with Crippen LogP contribution in [0, 0.1) is 0 Å². The number of fused-ring (bicyclic) bond motifs is 1. The molecule has 0 fully saturated rings. The summed E-state index contributed by atoms with van der Waals surface area (Å²) in [6.07, 6.45) is 3.60. The molecule has 5 heteroatoms. The molecule has 0 amide bonds. The standard InChI is InChI=1S/C13H16BrN3O/c1-3-18-7-6-17(2)12-4-5-15-11-8-10(14)9-16-13(11)12/h4-5,8-9H,3,6-7H2,1-2H3. The average molecular weight is 310 g/mol. The number of nitrogens with zero attached hydrogens (tertiary/aromatic N) is 3. The van der Waals surface area contributed by atoms with Gasteiger partial charge in [0.1, 0.15) is 5.52 Å². The Balaban J connectivity index is 2.27. The first kappa shape index (κ1) is 13.2. The first-order chi connectivity index (χ1) is 8.72. The van der Waals surface area contributed by atoms with Crippen molar-refractivity contribution in [1.29, 1.82) is 0 Å². The second kappa shape index (κ2) is 6.11. The summed E-state index contributed by atoms with van der Waals surface area (Å²) in [4.78, 5) is 10.9. The molecule has 0 N–H and O–H groups in total. The fraction of sp³-hybridized carbons (Fsp3) is 0.385. The second-order valence-electron chi connectivity index (χ2n) is 3.97. The summed E-state index contributed by atoms with van der Waals surface area (Å²) in [6.45, 7) is 4.30. The van der Waals surface area contributed by atoms with Crippen LogP contribution in [-0.2, 0) is 4.74 Å². The summed E-state index contributed by atoms with van der Waals surface area (Å²) in [7, 11) is 2.04. The smallest absolute Gasteiger partial charge is 0.112 e. The van der Waals surface area contributed by atoms with E-state index in [1.807, 2.05) is 32.3 Å². The monoisotopic (exact) mass is 309 g/mol. The van der Waals surface area contributed by atoms with Crippen LogP contribution in [0.5, 0.6) is 0 Å². The molecule has 0 atom stereocenters. The minimum absolute atomic E-state index is 0.716. The molecule has 2 aromatic heterocycles. The maximum atomic E-state index is 5.37. The number of ether oxygens (including phenoxy) is 1. The molecule has 0 saturated heterocycles. The Morgan fingerprint density at radius 3 is 3.00 bits per heavy atom. The zero-order valence-electron chi connectivity index (χ0n) is 10.6. The molecule has 0 unspecified atom stereocenters. The Bertz CT molecular complexity index is 533. The van der Waals surface area contributed by atoms with E-state index in [0.717, 1.165) is 34.3 Å². The minimum atomic E-state index is 0.716. The molecule has 4 nitrogen and oxygen atoms in total. The zero-order chi connectivity index (χ0) is 13.0. The predicted octanol–water partition coefficient (Wildman–Crippen LogP) is 2.87. The predicted molar refractivity (Wildman–Crippen MR) is 77.0 cm³/mol. The molecule has 0 aliphatic heterocycles. The van der Waals surface area contributed by atoms with Crippen LogP contribution in [0.25, 0.3) is 11.0 Å². The van der Waals surface area contributed by atoms with Gasteiger partial charge in [0.25, 0.3) is 0 Å². The van der Waals surface area contributed by atoms with E-state index >= 15 is 0 Å². The van der Waals surface area contributed by atoms with Crippen LogP contribution in [0.3, 0.4) is 0 Å². The van der Waals surface area contributed by atoms with Crippen molar-refractivity contribution in [2.24, 2.45) is 0 Å². The molecular weight excluding hydrogens is 294 g/mol. The zero-order valence-corrected chi connectivity index (χ0v) is 12.1. The van der Waals surface area contributed by atoms with Crippen LogP contribution in [0.4, 0.5) is 5.69 Å². The fourth-order valence-electron chi connectivity index (χ4n) is 1.77. The van der Waals surface area contributed by atoms with Crippen molar-refractivity contribution in [1.82, 2.24) is 9.97 Å². The van der Waals surface area contributed by atoms with E-state index < -0.39 is 0 Å². The Morgan fingerprint density at radius 1 is 1.39 bits per heavy atom. The van der Waals surface area contributed by atoms with Gasteiger partial charge >= 0.3 is 0 Å². The first-order valence-corrected chi connectivity index (χ1v) is 6.71. The quantitative estimate of drug-likeness (QED) is 0.796. The van der Waals surface area contributed by atoms with Gasteiger partial charge in [0, 0.05) is 37.1 Å². The van der Waals surface area contributed by atoms with Gasteiger partial charge < -0.3 is 9.64 Å². The number of rotatable bonds is 5. The highest BCUT2D eigenvalue weighted by Crippen LogP contribution is 2.24. The molecule has 0 spiro atoms. The Labute approximate surface area is 115 Å². The Morgan fingerprint density at radius 2 is 2.22 bits per heavy atom. The van der Waals surface area contributed by atoms with E-state index in [1.54, 1.807) is 6.20 Å². The molecule has 18 heavy (non-hydrogen) atoms. The van der Waals surface area contributed by atoms with Crippen molar-refractivity contribution < 1.29 is 4.74 Å². The lowest BCUT2D eigenvalue weighted by atomic mass is 10.2. The van der Waals surface area contributed by atoms with Crippen LogP contribution in [0.15, 0.2) is 29.0 Å². The van der Waals surface area contributed by atoms with E-state index in [1.165, 1.54) is 0 Å². The Hall–Kier alpha value is -1.20. The number of anilines is 1. The molecule has 2 heterocycles. The van der Waals surface area contributed by atoms with Gasteiger partial charge in [-0.3, -0.25) is 9.97 Å². The maximum Gasteiger partial charge on any atom is 0.112 e. The van der Waals surface area contributed by atoms with Crippen molar-refractivity contribution in [3.8, 4) is 0 Å². The maximum absolute atomic E-state index is 5.37. The van der Waals surface area contributed by atoms with Crippen LogP contribution in [-0.4, -0.2) is 36.8 Å². The van der Waals surface area contributed by atoms with Gasteiger partial charge in [-0.2, -0.15) is 0 Å². The van der Waals surface area contributed by atoms with Gasteiger partial charge in [-0.25, -0.2) is 0 Å². The van der Waals surface area contributed by atoms with Crippen LogP contribution < -0.4 is 4.90 Å². The van der Waals surface area contributed by atoms with Crippen molar-refractivity contribution in [2.45, 2.75) is 6.92 Å². The van der Waals surface area contributed by atoms with Crippen molar-refractivity contribution >= 4 is 32.7 Å². The largest absolute Gasteiger partial charge is 0.380 e. The molecule has 2 rings (SSSR count). The molecule has 0 radical (unpaired) electrons. The lowest BCUT2D eigenvalue weighted by molar-refractivity contribution is 0.154. The second-order valence-corrected chi connectivity index (χ2v) is 4.89. The van der Waals surface area contributed by atoms with E-state index in [9.17, 15) is 0 Å². The van der Waals surface area contributed by atoms with Gasteiger partial charge in [0.2, 0.25) is 0 Å². The molecule has 2 aromatic rings. The average Bonchev–Trinajstić information content (AvgIpc) is 2.37. The van der Waals surface area contributed by atoms with E-state index in [0.29, 0.717) is 6.61 Å². The topological polar surface area (TPSA) is 38.2 Å². The van der Waals surface area contributed by atoms with Crippen LogP contribution >= 0.6 is 15.9 Å². The molecule has 96 valence electrons. The Kier molecular flexibility index (Phi) is 4.49. The van der Waals surface area contributed by atoms with E-state index in [-0.39, 0.29) is 0 Å². The summed E-state index contributed by atoms with van der Waals surface area (Å²) < 4.78 is 6.31. The summed E-state index contributed by atoms with van der Waals surface area (Å²) in [6, 6.07) is 3.96. The van der Waals surface area contributed by atoms with Crippen molar-refractivity contribution in [2.75, 3.05) is 31.7 Å². The first-order valence-electron chi connectivity index (χ1n) is 5.91. The summed E-state index contributed by atoms with van der Waals surface area (Å²) in [5.41, 5.74) is 2.89. The third-order valence-corrected chi connectivity index (χ3v) is 3.14. The highest BCUT2D eigenvalue weighted by atomic mass is 79.9. The number of likely N-dealkylation sites (N-methyl/N-ethyl adjacent to an activating group) is 1. The highest BCUT2D eigenvalue weighted by molar-refractivity contribution is 9.10. The molecular formula is C13H16BrN3O. The summed E-state index contributed by atoms with van der Waals surface area (Å²) in [5, 5.41) is 0. The SMILES string of the molecule is CCOCCN(C)c1ccnc2cc(Br)cnc12. The van der Waals surface area contributed by atoms with Gasteiger partial charge in [0.05, 0.1) is 17.8 Å². The van der Waals surface area contributed by atoms with Crippen molar-refractivity contribution in [3.05, 3.63) is 29.0 Å². The van der Waals surface area contributed by atoms with Gasteiger partial charge in [-0.05, 0) is 35.0 Å². The molecule has 0 aliphatic carbocycles. The number of halogens is 1. The molecule has 0 aliphatic rings. The van der Waals surface area contributed by atoms with E-state index in [4.69, 9.17) is 4.74 Å². The normalized spacial score (nSPS) is 10.8. The molecule has 0 bridgehead atoms. The summed E-state index contributed by atoms with van der Waals surface area (Å²) >= 11 is 3.41. The summed E-state index contributed by atoms with van der Waals surface area (Å²) in [5.74, 6) is 0. The van der Waals surface area contributed by atoms with Crippen molar-refractivity contribution in [3.63, 3.8) is 0 Å². The number of pyridine rings is 2. The highest BCUT2D eigenvalue weighted by Gasteiger charge is 2.08. The molecule has 0 saturated carbocycles. The fourth-order valence-corrected chi connectivity index (χ4v) is 2.08. The number of hydrogen-bond donors (Lipinski definition) is 0. The number of aromatic nitrogens is 2. The van der Waals surface area contributed by atoms with Crippen LogP contribution in [0.1, 0.15) is 6.92 Å². The van der Waals surface area contributed by atoms with Gasteiger partial charge in [-0.15, -0.1) is 0 Å². The minimum Gasteiger partial charge on any atom is -0.380 e. The number of hydrogen-bond acceptors (Lipinski definition) is 4.